The second-order valence-corrected chi connectivity index (χ2v) is 7.70. The fourth-order valence-corrected chi connectivity index (χ4v) is 3.89. The van der Waals surface area contributed by atoms with Gasteiger partial charge >= 0.3 is 12.0 Å². The van der Waals surface area contributed by atoms with Gasteiger partial charge in [-0.25, -0.2) is 9.78 Å². The number of imidazole rings is 1. The maximum absolute atomic E-state index is 12.4. The number of nitrogens with one attached hydrogen (secondary N) is 2. The summed E-state index contributed by atoms with van der Waals surface area (Å²) in [5.41, 5.74) is 1.65. The van der Waals surface area contributed by atoms with Gasteiger partial charge in [0.05, 0.1) is 12.6 Å². The number of carbonyl (C=O) groups excluding carboxylic acids is 1. The molecule has 1 fully saturated rings. The van der Waals surface area contributed by atoms with E-state index in [-0.39, 0.29) is 30.3 Å². The van der Waals surface area contributed by atoms with Gasteiger partial charge in [-0.3, -0.25) is 4.79 Å². The summed E-state index contributed by atoms with van der Waals surface area (Å²) in [5.74, 6) is 0.709. The summed E-state index contributed by atoms with van der Waals surface area (Å²) in [4.78, 5) is 33.5. The number of aromatic amines is 1. The van der Waals surface area contributed by atoms with E-state index in [9.17, 15) is 14.7 Å². The number of hydrogen-bond donors (Lipinski definition) is 3. The van der Waals surface area contributed by atoms with Crippen molar-refractivity contribution in [1.82, 2.24) is 20.2 Å². The Bertz CT molecular complexity index is 848. The molecule has 1 aliphatic rings. The van der Waals surface area contributed by atoms with Crippen LogP contribution in [0.1, 0.15) is 32.5 Å². The number of rotatable bonds is 6. The zero-order valence-electron chi connectivity index (χ0n) is 16.6. The second-order valence-electron chi connectivity index (χ2n) is 7.70. The van der Waals surface area contributed by atoms with Crippen LogP contribution >= 0.6 is 0 Å². The first-order chi connectivity index (χ1) is 13.4. The van der Waals surface area contributed by atoms with Crippen LogP contribution in [0.25, 0.3) is 11.0 Å². The molecular formula is C20H28N4O4. The molecule has 1 aromatic carbocycles. The molecule has 0 spiro atoms. The summed E-state index contributed by atoms with van der Waals surface area (Å²) in [7, 11) is 1.61. The number of carboxylic acids is 1. The van der Waals surface area contributed by atoms with Crippen LogP contribution in [0.15, 0.2) is 18.2 Å². The van der Waals surface area contributed by atoms with Gasteiger partial charge in [0.25, 0.3) is 0 Å². The van der Waals surface area contributed by atoms with Crippen LogP contribution in [-0.2, 0) is 11.2 Å². The molecule has 2 heterocycles. The van der Waals surface area contributed by atoms with E-state index in [0.29, 0.717) is 31.7 Å². The number of carbonyl (C=O) groups is 2. The van der Waals surface area contributed by atoms with E-state index in [2.05, 4.69) is 15.3 Å². The Morgan fingerprint density at radius 3 is 2.86 bits per heavy atom. The SMILES string of the molecule is COc1cccc2[nH]c(C[C@H]3CN(C(=O)NC(C)C)CC[C@H]3CC(=O)O)nc12. The number of likely N-dealkylation sites (tertiary alicyclic amines) is 1. The first-order valence-electron chi connectivity index (χ1n) is 9.66. The summed E-state index contributed by atoms with van der Waals surface area (Å²) in [6.07, 6.45) is 1.36. The monoisotopic (exact) mass is 388 g/mol. The van der Waals surface area contributed by atoms with E-state index in [0.717, 1.165) is 16.9 Å². The average Bonchev–Trinajstić information content (AvgIpc) is 3.04. The van der Waals surface area contributed by atoms with Crippen molar-refractivity contribution in [3.05, 3.63) is 24.0 Å². The number of para-hydroxylation sites is 1. The highest BCUT2D eigenvalue weighted by Gasteiger charge is 2.33. The van der Waals surface area contributed by atoms with Gasteiger partial charge in [0.2, 0.25) is 0 Å². The van der Waals surface area contributed by atoms with Gasteiger partial charge in [-0.1, -0.05) is 6.07 Å². The minimum atomic E-state index is -0.804. The standard InChI is InChI=1S/C20H28N4O4/c1-12(2)21-20(27)24-8-7-13(10-18(25)26)14(11-24)9-17-22-15-5-4-6-16(28-3)19(15)23-17/h4-6,12-14H,7-11H2,1-3H3,(H,21,27)(H,22,23)(H,25,26)/t13-,14-/m0/s1. The molecular weight excluding hydrogens is 360 g/mol. The first kappa shape index (κ1) is 20.0. The Balaban J connectivity index is 1.80. The van der Waals surface area contributed by atoms with Crippen LogP contribution < -0.4 is 10.1 Å². The molecule has 3 rings (SSSR count). The second kappa shape index (κ2) is 8.50. The van der Waals surface area contributed by atoms with E-state index in [1.54, 1.807) is 12.0 Å². The van der Waals surface area contributed by atoms with E-state index >= 15 is 0 Å². The highest BCUT2D eigenvalue weighted by atomic mass is 16.5. The Kier molecular flexibility index (Phi) is 6.06. The molecule has 8 heteroatoms. The summed E-state index contributed by atoms with van der Waals surface area (Å²) < 4.78 is 5.37. The zero-order valence-corrected chi connectivity index (χ0v) is 16.6. The largest absolute Gasteiger partial charge is 0.494 e. The molecule has 8 nitrogen and oxygen atoms in total. The number of hydrogen-bond acceptors (Lipinski definition) is 4. The van der Waals surface area contributed by atoms with Gasteiger partial charge in [-0.2, -0.15) is 0 Å². The predicted molar refractivity (Wildman–Crippen MR) is 105 cm³/mol. The third-order valence-electron chi connectivity index (χ3n) is 5.23. The van der Waals surface area contributed by atoms with Crippen LogP contribution in [-0.4, -0.2) is 58.2 Å². The molecule has 2 amide bonds. The molecule has 0 aliphatic carbocycles. The Morgan fingerprint density at radius 1 is 1.39 bits per heavy atom. The number of urea groups is 1. The fraction of sp³-hybridized carbons (Fsp3) is 0.550. The lowest BCUT2D eigenvalue weighted by molar-refractivity contribution is -0.139. The lowest BCUT2D eigenvalue weighted by Crippen LogP contribution is -2.50. The van der Waals surface area contributed by atoms with Crippen molar-refractivity contribution in [2.45, 2.75) is 39.2 Å². The smallest absolute Gasteiger partial charge is 0.317 e. The van der Waals surface area contributed by atoms with Crippen molar-refractivity contribution in [2.24, 2.45) is 11.8 Å². The van der Waals surface area contributed by atoms with Gasteiger partial charge in [-0.15, -0.1) is 0 Å². The van der Waals surface area contributed by atoms with Crippen LogP contribution in [0.4, 0.5) is 4.79 Å². The average molecular weight is 388 g/mol. The number of ether oxygens (including phenoxy) is 1. The summed E-state index contributed by atoms with van der Waals surface area (Å²) in [6.45, 7) is 4.94. The molecule has 0 bridgehead atoms. The number of fused-ring (bicyclic) bond motifs is 1. The topological polar surface area (TPSA) is 108 Å². The number of aliphatic carboxylic acids is 1. The lowest BCUT2D eigenvalue weighted by atomic mass is 9.81. The van der Waals surface area contributed by atoms with Gasteiger partial charge in [0.1, 0.15) is 17.1 Å². The molecule has 2 atom stereocenters. The molecule has 0 radical (unpaired) electrons. The quantitative estimate of drug-likeness (QED) is 0.705. The highest BCUT2D eigenvalue weighted by Crippen LogP contribution is 2.31. The summed E-state index contributed by atoms with van der Waals surface area (Å²) in [6, 6.07) is 5.66. The van der Waals surface area contributed by atoms with Crippen molar-refractivity contribution < 1.29 is 19.4 Å². The number of carboxylic acid groups (broad SMARTS) is 1. The van der Waals surface area contributed by atoms with Crippen molar-refractivity contribution in [3.63, 3.8) is 0 Å². The van der Waals surface area contributed by atoms with Crippen LogP contribution in [0.3, 0.4) is 0 Å². The van der Waals surface area contributed by atoms with Crippen LogP contribution in [0, 0.1) is 11.8 Å². The normalized spacial score (nSPS) is 19.8. The predicted octanol–water partition coefficient (Wildman–Crippen LogP) is 2.64. The maximum Gasteiger partial charge on any atom is 0.317 e. The molecule has 3 N–H and O–H groups in total. The van der Waals surface area contributed by atoms with Gasteiger partial charge < -0.3 is 25.0 Å². The van der Waals surface area contributed by atoms with Gasteiger partial charge in [0, 0.05) is 32.0 Å². The number of piperidine rings is 1. The minimum Gasteiger partial charge on any atom is -0.494 e. The third kappa shape index (κ3) is 4.55. The first-order valence-corrected chi connectivity index (χ1v) is 9.66. The third-order valence-corrected chi connectivity index (χ3v) is 5.23. The minimum absolute atomic E-state index is 0.00991. The number of nitrogens with zero attached hydrogens (tertiary/aromatic N) is 2. The molecule has 28 heavy (non-hydrogen) atoms. The highest BCUT2D eigenvalue weighted by molar-refractivity contribution is 5.81. The maximum atomic E-state index is 12.4. The van der Waals surface area contributed by atoms with Crippen molar-refractivity contribution in [2.75, 3.05) is 20.2 Å². The van der Waals surface area contributed by atoms with E-state index in [4.69, 9.17) is 4.74 Å². The number of benzene rings is 1. The van der Waals surface area contributed by atoms with E-state index in [1.807, 2.05) is 32.0 Å². The molecule has 1 saturated heterocycles. The number of H-pyrrole nitrogens is 1. The van der Waals surface area contributed by atoms with Gasteiger partial charge in [0.15, 0.2) is 0 Å². The molecule has 2 aromatic rings. The van der Waals surface area contributed by atoms with Crippen molar-refractivity contribution in [1.29, 1.82) is 0 Å². The summed E-state index contributed by atoms with van der Waals surface area (Å²) in [5, 5.41) is 12.2. The Hall–Kier alpha value is -2.77. The summed E-state index contributed by atoms with van der Waals surface area (Å²) >= 11 is 0. The molecule has 1 aliphatic heterocycles. The van der Waals surface area contributed by atoms with E-state index < -0.39 is 5.97 Å². The van der Waals surface area contributed by atoms with Crippen molar-refractivity contribution in [3.8, 4) is 5.75 Å². The zero-order chi connectivity index (χ0) is 20.3. The number of aromatic nitrogens is 2. The lowest BCUT2D eigenvalue weighted by Gasteiger charge is -2.38. The molecule has 0 unspecified atom stereocenters. The Morgan fingerprint density at radius 2 is 2.18 bits per heavy atom. The Labute approximate surface area is 164 Å². The molecule has 1 aromatic heterocycles. The molecule has 0 saturated carbocycles. The number of amides is 2. The van der Waals surface area contributed by atoms with E-state index in [1.165, 1.54) is 0 Å². The number of methoxy groups -OCH3 is 1. The molecule has 152 valence electrons. The van der Waals surface area contributed by atoms with Crippen molar-refractivity contribution >= 4 is 23.0 Å². The van der Waals surface area contributed by atoms with Crippen LogP contribution in [0.2, 0.25) is 0 Å². The fourth-order valence-electron chi connectivity index (χ4n) is 3.89. The van der Waals surface area contributed by atoms with Gasteiger partial charge in [-0.05, 0) is 44.2 Å². The van der Waals surface area contributed by atoms with Crippen LogP contribution in [0.5, 0.6) is 5.75 Å².